The van der Waals surface area contributed by atoms with Crippen LogP contribution in [0, 0.1) is 0 Å². The number of benzene rings is 1. The van der Waals surface area contributed by atoms with Gasteiger partial charge in [-0.05, 0) is 34.1 Å². The van der Waals surface area contributed by atoms with Crippen molar-refractivity contribution in [2.24, 2.45) is 0 Å². The van der Waals surface area contributed by atoms with Crippen LogP contribution >= 0.6 is 27.5 Å². The minimum atomic E-state index is -2.85. The lowest BCUT2D eigenvalue weighted by Crippen LogP contribution is -2.01. The molecule has 0 bridgehead atoms. The molecule has 0 unspecified atom stereocenters. The molecular formula is C10H5BrClF2NO. The van der Waals surface area contributed by atoms with Crippen LogP contribution in [0.3, 0.4) is 0 Å². The minimum absolute atomic E-state index is 0.0594. The van der Waals surface area contributed by atoms with Crippen LogP contribution in [0.25, 0.3) is 10.9 Å². The highest BCUT2D eigenvalue weighted by Gasteiger charge is 2.07. The second-order valence-corrected chi connectivity index (χ2v) is 4.20. The Morgan fingerprint density at radius 2 is 2.06 bits per heavy atom. The molecule has 0 saturated heterocycles. The molecule has 84 valence electrons. The van der Waals surface area contributed by atoms with Crippen LogP contribution in [0.15, 0.2) is 28.9 Å². The van der Waals surface area contributed by atoms with E-state index in [1.165, 1.54) is 12.1 Å². The highest BCUT2D eigenvalue weighted by atomic mass is 79.9. The lowest BCUT2D eigenvalue weighted by molar-refractivity contribution is -0.0497. The van der Waals surface area contributed by atoms with Gasteiger partial charge in [0, 0.05) is 11.5 Å². The Labute approximate surface area is 103 Å². The van der Waals surface area contributed by atoms with E-state index in [1.54, 1.807) is 12.1 Å². The Morgan fingerprint density at radius 3 is 2.75 bits per heavy atom. The first-order valence-corrected chi connectivity index (χ1v) is 5.44. The van der Waals surface area contributed by atoms with Gasteiger partial charge in [0.1, 0.15) is 10.4 Å². The molecule has 1 heterocycles. The van der Waals surface area contributed by atoms with E-state index in [0.717, 1.165) is 0 Å². The molecule has 0 aliphatic carbocycles. The second-order valence-electron chi connectivity index (χ2n) is 2.98. The van der Waals surface area contributed by atoms with Crippen molar-refractivity contribution >= 4 is 38.4 Å². The van der Waals surface area contributed by atoms with Gasteiger partial charge in [0.2, 0.25) is 0 Å². The van der Waals surface area contributed by atoms with Gasteiger partial charge < -0.3 is 4.74 Å². The number of pyridine rings is 1. The summed E-state index contributed by atoms with van der Waals surface area (Å²) in [7, 11) is 0. The quantitative estimate of drug-likeness (QED) is 0.774. The maximum Gasteiger partial charge on any atom is 0.387 e. The molecule has 6 heteroatoms. The van der Waals surface area contributed by atoms with E-state index in [0.29, 0.717) is 20.5 Å². The standard InChI is InChI=1S/C10H5BrClF2NO/c11-9-4-7(12)6-2-1-5(16-10(13)14)3-8(6)15-9/h1-4,10H. The summed E-state index contributed by atoms with van der Waals surface area (Å²) in [6.07, 6.45) is 0. The first kappa shape index (κ1) is 11.5. The van der Waals surface area contributed by atoms with Gasteiger partial charge in [-0.1, -0.05) is 11.6 Å². The molecule has 2 aromatic rings. The van der Waals surface area contributed by atoms with E-state index in [9.17, 15) is 8.78 Å². The molecule has 0 N–H and O–H groups in total. The van der Waals surface area contributed by atoms with Crippen LogP contribution in [0.2, 0.25) is 5.02 Å². The average Bonchev–Trinajstić information content (AvgIpc) is 2.15. The highest BCUT2D eigenvalue weighted by molar-refractivity contribution is 9.10. The molecule has 0 spiro atoms. The smallest absolute Gasteiger partial charge is 0.387 e. The molecule has 1 aromatic carbocycles. The first-order chi connectivity index (χ1) is 7.56. The predicted octanol–water partition coefficient (Wildman–Crippen LogP) is 4.25. The Morgan fingerprint density at radius 1 is 1.31 bits per heavy atom. The number of nitrogens with zero attached hydrogens (tertiary/aromatic N) is 1. The summed E-state index contributed by atoms with van der Waals surface area (Å²) in [5.41, 5.74) is 0.498. The maximum absolute atomic E-state index is 12.0. The van der Waals surface area contributed by atoms with E-state index in [1.807, 2.05) is 0 Å². The van der Waals surface area contributed by atoms with Crippen molar-refractivity contribution in [2.75, 3.05) is 0 Å². The molecule has 16 heavy (non-hydrogen) atoms. The SMILES string of the molecule is FC(F)Oc1ccc2c(Cl)cc(Br)nc2c1. The summed E-state index contributed by atoms with van der Waals surface area (Å²) in [5, 5.41) is 1.19. The van der Waals surface area contributed by atoms with E-state index in [-0.39, 0.29) is 5.75 Å². The van der Waals surface area contributed by atoms with E-state index >= 15 is 0 Å². The number of rotatable bonds is 2. The normalized spacial score (nSPS) is 11.1. The zero-order valence-electron chi connectivity index (χ0n) is 7.75. The lowest BCUT2D eigenvalue weighted by atomic mass is 10.2. The second kappa shape index (κ2) is 4.51. The topological polar surface area (TPSA) is 22.1 Å². The van der Waals surface area contributed by atoms with Crippen LogP contribution in [0.4, 0.5) is 8.78 Å². The molecule has 0 aliphatic rings. The number of hydrogen-bond acceptors (Lipinski definition) is 2. The molecule has 2 rings (SSSR count). The van der Waals surface area contributed by atoms with Gasteiger partial charge in [-0.15, -0.1) is 0 Å². The van der Waals surface area contributed by atoms with Crippen molar-refractivity contribution in [3.63, 3.8) is 0 Å². The summed E-state index contributed by atoms with van der Waals surface area (Å²) in [6, 6.07) is 6.07. The van der Waals surface area contributed by atoms with Gasteiger partial charge in [-0.3, -0.25) is 0 Å². The van der Waals surface area contributed by atoms with Gasteiger partial charge in [0.25, 0.3) is 0 Å². The fourth-order valence-electron chi connectivity index (χ4n) is 1.31. The van der Waals surface area contributed by atoms with Crippen molar-refractivity contribution in [3.05, 3.63) is 33.9 Å². The largest absolute Gasteiger partial charge is 0.435 e. The van der Waals surface area contributed by atoms with Crippen LogP contribution < -0.4 is 4.74 Å². The molecule has 0 fully saturated rings. The average molecular weight is 309 g/mol. The van der Waals surface area contributed by atoms with Crippen molar-refractivity contribution in [1.29, 1.82) is 0 Å². The Kier molecular flexibility index (Phi) is 3.25. The van der Waals surface area contributed by atoms with Gasteiger partial charge in [0.05, 0.1) is 10.5 Å². The third kappa shape index (κ3) is 2.41. The van der Waals surface area contributed by atoms with E-state index < -0.39 is 6.61 Å². The van der Waals surface area contributed by atoms with Gasteiger partial charge in [0.15, 0.2) is 0 Å². The number of aromatic nitrogens is 1. The van der Waals surface area contributed by atoms with Crippen LogP contribution in [0.5, 0.6) is 5.75 Å². The van der Waals surface area contributed by atoms with Gasteiger partial charge in [-0.2, -0.15) is 8.78 Å². The van der Waals surface area contributed by atoms with Crippen molar-refractivity contribution in [3.8, 4) is 5.75 Å². The first-order valence-electron chi connectivity index (χ1n) is 4.27. The Balaban J connectivity index is 2.53. The third-order valence-corrected chi connectivity index (χ3v) is 2.64. The highest BCUT2D eigenvalue weighted by Crippen LogP contribution is 2.28. The zero-order valence-corrected chi connectivity index (χ0v) is 10.1. The maximum atomic E-state index is 12.0. The summed E-state index contributed by atoms with van der Waals surface area (Å²) in [6.45, 7) is -2.85. The van der Waals surface area contributed by atoms with Gasteiger partial charge in [-0.25, -0.2) is 4.98 Å². The Bertz CT molecular complexity index is 535. The molecular weight excluding hydrogens is 303 g/mol. The molecule has 0 aliphatic heterocycles. The van der Waals surface area contributed by atoms with Crippen LogP contribution in [-0.4, -0.2) is 11.6 Å². The summed E-state index contributed by atoms with van der Waals surface area (Å²) < 4.78 is 28.8. The molecule has 0 atom stereocenters. The van der Waals surface area contributed by atoms with Crippen molar-refractivity contribution in [2.45, 2.75) is 6.61 Å². The minimum Gasteiger partial charge on any atom is -0.435 e. The third-order valence-electron chi connectivity index (χ3n) is 1.92. The number of ether oxygens (including phenoxy) is 1. The monoisotopic (exact) mass is 307 g/mol. The number of alkyl halides is 2. The number of fused-ring (bicyclic) bond motifs is 1. The van der Waals surface area contributed by atoms with Crippen LogP contribution in [-0.2, 0) is 0 Å². The summed E-state index contributed by atoms with van der Waals surface area (Å²) in [5.74, 6) is 0.0594. The number of halogens is 4. The summed E-state index contributed by atoms with van der Waals surface area (Å²) in [4.78, 5) is 4.11. The summed E-state index contributed by atoms with van der Waals surface area (Å²) >= 11 is 9.14. The molecule has 2 nitrogen and oxygen atoms in total. The van der Waals surface area contributed by atoms with Gasteiger partial charge >= 0.3 is 6.61 Å². The molecule has 0 radical (unpaired) electrons. The Hall–Kier alpha value is -0.940. The fourth-order valence-corrected chi connectivity index (χ4v) is 2.13. The zero-order chi connectivity index (χ0) is 11.7. The number of hydrogen-bond donors (Lipinski definition) is 0. The van der Waals surface area contributed by atoms with Crippen LogP contribution in [0.1, 0.15) is 0 Å². The molecule has 1 aromatic heterocycles. The van der Waals surface area contributed by atoms with Crippen molar-refractivity contribution < 1.29 is 13.5 Å². The molecule has 0 saturated carbocycles. The fraction of sp³-hybridized carbons (Fsp3) is 0.100. The van der Waals surface area contributed by atoms with E-state index in [4.69, 9.17) is 11.6 Å². The van der Waals surface area contributed by atoms with Crippen molar-refractivity contribution in [1.82, 2.24) is 4.98 Å². The van der Waals surface area contributed by atoms with E-state index in [2.05, 4.69) is 25.7 Å². The molecule has 0 amide bonds. The lowest BCUT2D eigenvalue weighted by Gasteiger charge is -2.06. The predicted molar refractivity (Wildman–Crippen MR) is 61.1 cm³/mol.